The molecule has 3 aromatic rings. The predicted octanol–water partition coefficient (Wildman–Crippen LogP) is 5.10. The van der Waals surface area contributed by atoms with Crippen LogP contribution in [-0.2, 0) is 22.1 Å². The van der Waals surface area contributed by atoms with Gasteiger partial charge in [-0.1, -0.05) is 29.8 Å². The van der Waals surface area contributed by atoms with Gasteiger partial charge >= 0.3 is 11.9 Å². The van der Waals surface area contributed by atoms with E-state index in [9.17, 15) is 22.8 Å². The van der Waals surface area contributed by atoms with Crippen LogP contribution in [0.5, 0.6) is 0 Å². The lowest BCUT2D eigenvalue weighted by Crippen LogP contribution is -2.33. The molecule has 1 N–H and O–H groups in total. The molecule has 0 atom stereocenters. The molecule has 0 aliphatic carbocycles. The molecule has 0 spiro atoms. The van der Waals surface area contributed by atoms with Crippen LogP contribution in [0.25, 0.3) is 22.8 Å². The molecule has 0 unspecified atom stereocenters. The van der Waals surface area contributed by atoms with E-state index in [-0.39, 0.29) is 29.4 Å². The second-order valence-corrected chi connectivity index (χ2v) is 8.26. The lowest BCUT2D eigenvalue weighted by molar-refractivity contribution is -0.138. The number of ketones is 1. The number of aryl methyl sites for hydroxylation is 1. The number of methoxy groups -OCH3 is 1. The maximum atomic E-state index is 12.8. The van der Waals surface area contributed by atoms with Crippen LogP contribution in [0.3, 0.4) is 0 Å². The number of alkyl halides is 3. The average molecular weight is 480 g/mol. The van der Waals surface area contributed by atoms with E-state index >= 15 is 0 Å². The van der Waals surface area contributed by atoms with E-state index < -0.39 is 23.0 Å². The Morgan fingerprint density at radius 2 is 1.76 bits per heavy atom. The van der Waals surface area contributed by atoms with Gasteiger partial charge in [-0.05, 0) is 50.1 Å². The number of ether oxygens (including phenoxy) is 1. The molecule has 0 radical (unpaired) electrons. The van der Waals surface area contributed by atoms with Gasteiger partial charge in [0.25, 0.3) is 0 Å². The minimum Gasteiger partial charge on any atom is -0.371 e. The molecule has 33 heavy (non-hydrogen) atoms. The van der Waals surface area contributed by atoms with Crippen LogP contribution < -0.4 is 5.69 Å². The van der Waals surface area contributed by atoms with E-state index in [4.69, 9.17) is 16.3 Å². The maximum absolute atomic E-state index is 12.8. The minimum absolute atomic E-state index is 0.0408. The molecule has 3 rings (SSSR count). The van der Waals surface area contributed by atoms with Crippen molar-refractivity contribution in [2.75, 3.05) is 7.11 Å². The van der Waals surface area contributed by atoms with Crippen LogP contribution in [0.1, 0.15) is 31.4 Å². The largest absolute Gasteiger partial charge is 0.416 e. The van der Waals surface area contributed by atoms with Crippen LogP contribution in [0.4, 0.5) is 13.2 Å². The summed E-state index contributed by atoms with van der Waals surface area (Å²) in [5, 5.41) is 0.301. The van der Waals surface area contributed by atoms with Crippen molar-refractivity contribution in [2.45, 2.75) is 38.5 Å². The number of halogens is 4. The second kappa shape index (κ2) is 9.44. The third-order valence-electron chi connectivity index (χ3n) is 5.23. The van der Waals surface area contributed by atoms with Gasteiger partial charge in [0.1, 0.15) is 11.4 Å². The Morgan fingerprint density at radius 3 is 2.36 bits per heavy atom. The monoisotopic (exact) mass is 479 g/mol. The molecule has 0 fully saturated rings. The lowest BCUT2D eigenvalue weighted by atomic mass is 9.96. The van der Waals surface area contributed by atoms with Crippen LogP contribution in [0.15, 0.2) is 47.3 Å². The van der Waals surface area contributed by atoms with Crippen molar-refractivity contribution in [3.8, 4) is 22.8 Å². The Morgan fingerprint density at radius 1 is 1.09 bits per heavy atom. The summed E-state index contributed by atoms with van der Waals surface area (Å²) in [5.74, 6) is 0.00259. The van der Waals surface area contributed by atoms with Crippen LogP contribution >= 0.6 is 11.6 Å². The van der Waals surface area contributed by atoms with Crippen molar-refractivity contribution in [1.29, 1.82) is 0 Å². The summed E-state index contributed by atoms with van der Waals surface area (Å²) in [6.07, 6.45) is -3.83. The van der Waals surface area contributed by atoms with Gasteiger partial charge in [0.15, 0.2) is 11.6 Å². The summed E-state index contributed by atoms with van der Waals surface area (Å²) in [7, 11) is 1.47. The zero-order chi connectivity index (χ0) is 24.4. The summed E-state index contributed by atoms with van der Waals surface area (Å²) in [5.41, 5.74) is -1.02. The van der Waals surface area contributed by atoms with Gasteiger partial charge in [0.05, 0.1) is 10.6 Å². The summed E-state index contributed by atoms with van der Waals surface area (Å²) >= 11 is 6.32. The quantitative estimate of drug-likeness (QED) is 0.509. The number of aromatic amines is 1. The fraction of sp³-hybridized carbons (Fsp3) is 0.304. The zero-order valence-corrected chi connectivity index (χ0v) is 18.8. The number of rotatable bonds is 7. The fourth-order valence-corrected chi connectivity index (χ4v) is 3.24. The van der Waals surface area contributed by atoms with Gasteiger partial charge in [-0.25, -0.2) is 9.78 Å². The average Bonchev–Trinajstić information content (AvgIpc) is 2.77. The number of benzene rings is 2. The minimum atomic E-state index is -4.48. The molecule has 0 aliphatic heterocycles. The van der Waals surface area contributed by atoms with Gasteiger partial charge < -0.3 is 4.74 Å². The van der Waals surface area contributed by atoms with E-state index in [1.165, 1.54) is 19.2 Å². The highest BCUT2D eigenvalue weighted by Crippen LogP contribution is 2.31. The molecule has 0 saturated heterocycles. The Hall–Kier alpha value is -3.04. The number of hydrogen-bond acceptors (Lipinski definition) is 5. The van der Waals surface area contributed by atoms with Crippen LogP contribution in [0.2, 0.25) is 5.02 Å². The van der Waals surface area contributed by atoms with Crippen molar-refractivity contribution < 1.29 is 22.7 Å². The molecule has 10 heteroatoms. The van der Waals surface area contributed by atoms with Crippen molar-refractivity contribution in [1.82, 2.24) is 15.0 Å². The number of hydrogen-bond donors (Lipinski definition) is 1. The number of carbonyl (C=O) groups excluding carboxylic acids is 1. The highest BCUT2D eigenvalue weighted by atomic mass is 35.5. The van der Waals surface area contributed by atoms with E-state index in [0.29, 0.717) is 17.0 Å². The van der Waals surface area contributed by atoms with E-state index in [2.05, 4.69) is 15.0 Å². The third kappa shape index (κ3) is 5.85. The molecule has 1 aromatic heterocycles. The molecular formula is C23H21ClF3N3O3. The molecular weight excluding hydrogens is 459 g/mol. The molecule has 0 bridgehead atoms. The number of Topliss-reactive ketones (excluding diaryl/α,β-unsaturated/α-hetero) is 1. The molecule has 0 amide bonds. The number of aromatic nitrogens is 3. The predicted molar refractivity (Wildman–Crippen MR) is 118 cm³/mol. The molecule has 0 saturated carbocycles. The third-order valence-corrected chi connectivity index (χ3v) is 5.56. The number of H-pyrrole nitrogens is 1. The first-order chi connectivity index (χ1) is 15.4. The van der Waals surface area contributed by atoms with Gasteiger partial charge in [-0.15, -0.1) is 0 Å². The summed E-state index contributed by atoms with van der Waals surface area (Å²) in [6.45, 7) is 3.38. The fourth-order valence-electron chi connectivity index (χ4n) is 3.03. The summed E-state index contributed by atoms with van der Waals surface area (Å²) in [6, 6.07) is 9.26. The van der Waals surface area contributed by atoms with Crippen LogP contribution in [0, 0.1) is 0 Å². The first-order valence-corrected chi connectivity index (χ1v) is 10.3. The van der Waals surface area contributed by atoms with Crippen molar-refractivity contribution in [3.05, 3.63) is 69.1 Å². The Balaban J connectivity index is 1.92. The molecule has 174 valence electrons. The first-order valence-electron chi connectivity index (χ1n) is 9.94. The molecule has 6 nitrogen and oxygen atoms in total. The van der Waals surface area contributed by atoms with Crippen molar-refractivity contribution in [3.63, 3.8) is 0 Å². The van der Waals surface area contributed by atoms with Crippen molar-refractivity contribution in [2.24, 2.45) is 0 Å². The normalized spacial score (nSPS) is 12.1. The van der Waals surface area contributed by atoms with Gasteiger partial charge in [0.2, 0.25) is 0 Å². The SMILES string of the molecule is COC(C)(C)C(=O)CCc1ccc(Cl)c(-c2nc(-c3ccc(C(F)(F)F)cc3)nc(=O)[nH]2)c1. The van der Waals surface area contributed by atoms with E-state index in [1.54, 1.807) is 32.0 Å². The van der Waals surface area contributed by atoms with Gasteiger partial charge in [-0.3, -0.25) is 9.78 Å². The van der Waals surface area contributed by atoms with Crippen molar-refractivity contribution >= 4 is 17.4 Å². The molecule has 1 heterocycles. The molecule has 0 aliphatic rings. The summed E-state index contributed by atoms with van der Waals surface area (Å²) in [4.78, 5) is 35.1. The topological polar surface area (TPSA) is 84.9 Å². The zero-order valence-electron chi connectivity index (χ0n) is 18.1. The first kappa shape index (κ1) is 24.6. The summed E-state index contributed by atoms with van der Waals surface area (Å²) < 4.78 is 43.7. The van der Waals surface area contributed by atoms with E-state index in [0.717, 1.165) is 17.7 Å². The molecule has 2 aromatic carbocycles. The second-order valence-electron chi connectivity index (χ2n) is 7.85. The van der Waals surface area contributed by atoms with Crippen LogP contribution in [-0.4, -0.2) is 33.4 Å². The van der Waals surface area contributed by atoms with Gasteiger partial charge in [0, 0.05) is 24.7 Å². The highest BCUT2D eigenvalue weighted by molar-refractivity contribution is 6.33. The lowest BCUT2D eigenvalue weighted by Gasteiger charge is -2.21. The Labute approximate surface area is 192 Å². The number of nitrogens with zero attached hydrogens (tertiary/aromatic N) is 2. The Kier molecular flexibility index (Phi) is 7.04. The standard InChI is InChI=1S/C23H21ClF3N3O3/c1-22(2,33-3)18(31)11-5-13-4-10-17(24)16(12-13)20-28-19(29-21(32)30-20)14-6-8-15(9-7-14)23(25,26)27/h4,6-10,12H,5,11H2,1-3H3,(H,28,29,30,32). The number of carbonyl (C=O) groups is 1. The smallest absolute Gasteiger partial charge is 0.371 e. The van der Waals surface area contributed by atoms with E-state index in [1.807, 2.05) is 0 Å². The highest BCUT2D eigenvalue weighted by Gasteiger charge is 2.30. The maximum Gasteiger partial charge on any atom is 0.416 e. The Bertz CT molecular complexity index is 1220. The number of nitrogens with one attached hydrogen (secondary N) is 1. The van der Waals surface area contributed by atoms with Gasteiger partial charge in [-0.2, -0.15) is 18.2 Å².